The van der Waals surface area contributed by atoms with E-state index in [1.807, 2.05) is 0 Å². The monoisotopic (exact) mass is 181 g/mol. The van der Waals surface area contributed by atoms with Crippen molar-refractivity contribution in [3.8, 4) is 0 Å². The number of ketones is 1. The second-order valence-corrected chi connectivity index (χ2v) is 2.99. The van der Waals surface area contributed by atoms with Gasteiger partial charge >= 0.3 is 5.97 Å². The Morgan fingerprint density at radius 1 is 1.15 bits per heavy atom. The normalized spacial score (nSPS) is 10.1. The molecule has 0 radical (unpaired) electrons. The highest BCUT2D eigenvalue weighted by Gasteiger charge is 2.17. The van der Waals surface area contributed by atoms with Crippen molar-refractivity contribution in [3.05, 3.63) is 22.5 Å². The first-order valence-electron chi connectivity index (χ1n) is 3.88. The maximum Gasteiger partial charge on any atom is 0.352 e. The molecule has 1 heterocycles. The predicted molar refractivity (Wildman–Crippen MR) is 47.2 cm³/mol. The predicted octanol–water partition coefficient (Wildman–Crippen LogP) is 1.53. The molecule has 1 aromatic rings. The lowest BCUT2D eigenvalue weighted by atomic mass is 10.1. The van der Waals surface area contributed by atoms with Crippen LogP contribution in [0.4, 0.5) is 0 Å². The quantitative estimate of drug-likeness (QED) is 0.680. The Morgan fingerprint density at radius 3 is 1.85 bits per heavy atom. The van der Waals surface area contributed by atoms with Crippen LogP contribution in [0, 0.1) is 13.8 Å². The topological polar surface area (TPSA) is 70.2 Å². The largest absolute Gasteiger partial charge is 0.477 e. The number of rotatable bonds is 2. The van der Waals surface area contributed by atoms with Gasteiger partial charge in [-0.2, -0.15) is 0 Å². The Bertz CT molecular complexity index is 342. The summed E-state index contributed by atoms with van der Waals surface area (Å²) in [5.41, 5.74) is 1.82. The average Bonchev–Trinajstić information content (AvgIpc) is 2.29. The van der Waals surface area contributed by atoms with Crippen LogP contribution in [0.2, 0.25) is 0 Å². The van der Waals surface area contributed by atoms with Crippen molar-refractivity contribution in [1.82, 2.24) is 4.98 Å². The zero-order valence-electron chi connectivity index (χ0n) is 7.76. The highest BCUT2D eigenvalue weighted by molar-refractivity contribution is 5.97. The molecule has 70 valence electrons. The number of aromatic nitrogens is 1. The molecule has 0 aliphatic carbocycles. The molecule has 0 atom stereocenters. The van der Waals surface area contributed by atoms with Crippen LogP contribution in [-0.2, 0) is 0 Å². The van der Waals surface area contributed by atoms with E-state index in [1.54, 1.807) is 13.8 Å². The van der Waals surface area contributed by atoms with Gasteiger partial charge in [-0.15, -0.1) is 0 Å². The molecule has 1 aromatic heterocycles. The van der Waals surface area contributed by atoms with Gasteiger partial charge < -0.3 is 10.1 Å². The first-order chi connectivity index (χ1) is 5.95. The third-order valence-electron chi connectivity index (χ3n) is 2.13. The van der Waals surface area contributed by atoms with Gasteiger partial charge in [0.25, 0.3) is 0 Å². The SMILES string of the molecule is CC(=O)c1[nH]c(C(=O)O)c(C)c1C. The van der Waals surface area contributed by atoms with E-state index in [9.17, 15) is 9.59 Å². The van der Waals surface area contributed by atoms with Crippen molar-refractivity contribution >= 4 is 11.8 Å². The summed E-state index contributed by atoms with van der Waals surface area (Å²) >= 11 is 0. The van der Waals surface area contributed by atoms with Crippen LogP contribution in [0.3, 0.4) is 0 Å². The molecule has 2 N–H and O–H groups in total. The average molecular weight is 181 g/mol. The van der Waals surface area contributed by atoms with Crippen molar-refractivity contribution in [3.63, 3.8) is 0 Å². The molecule has 0 aromatic carbocycles. The van der Waals surface area contributed by atoms with Crippen molar-refractivity contribution in [2.24, 2.45) is 0 Å². The maximum atomic E-state index is 11.0. The van der Waals surface area contributed by atoms with E-state index < -0.39 is 5.97 Å². The number of Topliss-reactive ketones (excluding diaryl/α,β-unsaturated/α-hetero) is 1. The third-order valence-corrected chi connectivity index (χ3v) is 2.13. The van der Waals surface area contributed by atoms with Crippen LogP contribution in [0.5, 0.6) is 0 Å². The number of H-pyrrole nitrogens is 1. The molecule has 0 fully saturated rings. The third kappa shape index (κ3) is 1.47. The number of aromatic amines is 1. The van der Waals surface area contributed by atoms with Crippen LogP contribution >= 0.6 is 0 Å². The van der Waals surface area contributed by atoms with Crippen LogP contribution < -0.4 is 0 Å². The lowest BCUT2D eigenvalue weighted by molar-refractivity contribution is 0.0690. The number of hydrogen-bond acceptors (Lipinski definition) is 2. The van der Waals surface area contributed by atoms with Gasteiger partial charge in [-0.05, 0) is 25.0 Å². The minimum atomic E-state index is -1.03. The first kappa shape index (κ1) is 9.51. The standard InChI is InChI=1S/C9H11NO3/c1-4-5(2)8(9(12)13)10-7(4)6(3)11/h10H,1-3H3,(H,12,13). The number of hydrogen-bond donors (Lipinski definition) is 2. The number of carboxylic acid groups (broad SMARTS) is 1. The van der Waals surface area contributed by atoms with E-state index in [0.29, 0.717) is 16.8 Å². The minimum absolute atomic E-state index is 0.0997. The summed E-state index contributed by atoms with van der Waals surface area (Å²) < 4.78 is 0. The Labute approximate surface area is 75.6 Å². The van der Waals surface area contributed by atoms with Crippen molar-refractivity contribution in [2.75, 3.05) is 0 Å². The van der Waals surface area contributed by atoms with Crippen molar-refractivity contribution in [2.45, 2.75) is 20.8 Å². The zero-order valence-corrected chi connectivity index (χ0v) is 7.76. The molecular weight excluding hydrogens is 170 g/mol. The fourth-order valence-corrected chi connectivity index (χ4v) is 1.25. The van der Waals surface area contributed by atoms with Gasteiger partial charge in [-0.1, -0.05) is 0 Å². The van der Waals surface area contributed by atoms with Gasteiger partial charge in [0.2, 0.25) is 0 Å². The highest BCUT2D eigenvalue weighted by Crippen LogP contribution is 2.17. The molecule has 1 rings (SSSR count). The van der Waals surface area contributed by atoms with E-state index >= 15 is 0 Å². The summed E-state index contributed by atoms with van der Waals surface area (Å²) in [7, 11) is 0. The van der Waals surface area contributed by atoms with Gasteiger partial charge in [-0.3, -0.25) is 4.79 Å². The Kier molecular flexibility index (Phi) is 2.23. The lowest BCUT2D eigenvalue weighted by Gasteiger charge is -1.91. The molecule has 13 heavy (non-hydrogen) atoms. The fourth-order valence-electron chi connectivity index (χ4n) is 1.25. The summed E-state index contributed by atoms with van der Waals surface area (Å²) in [4.78, 5) is 24.3. The highest BCUT2D eigenvalue weighted by atomic mass is 16.4. The minimum Gasteiger partial charge on any atom is -0.477 e. The van der Waals surface area contributed by atoms with Gasteiger partial charge in [-0.25, -0.2) is 4.79 Å². The van der Waals surface area contributed by atoms with Gasteiger partial charge in [0.1, 0.15) is 5.69 Å². The molecule has 0 saturated carbocycles. The van der Waals surface area contributed by atoms with E-state index in [1.165, 1.54) is 6.92 Å². The second-order valence-electron chi connectivity index (χ2n) is 2.99. The Hall–Kier alpha value is -1.58. The molecule has 0 spiro atoms. The summed E-state index contributed by atoms with van der Waals surface area (Å²) in [5.74, 6) is -1.18. The summed E-state index contributed by atoms with van der Waals surface area (Å²) in [6.07, 6.45) is 0. The van der Waals surface area contributed by atoms with Gasteiger partial charge in [0.05, 0.1) is 5.69 Å². The molecule has 4 heteroatoms. The van der Waals surface area contributed by atoms with E-state index in [0.717, 1.165) is 0 Å². The van der Waals surface area contributed by atoms with Crippen LogP contribution in [-0.4, -0.2) is 21.8 Å². The number of aromatic carboxylic acids is 1. The molecule has 0 aliphatic heterocycles. The van der Waals surface area contributed by atoms with Gasteiger partial charge in [0.15, 0.2) is 5.78 Å². The van der Waals surface area contributed by atoms with Crippen LogP contribution in [0.25, 0.3) is 0 Å². The zero-order chi connectivity index (χ0) is 10.2. The molecule has 0 bridgehead atoms. The molecular formula is C9H11NO3. The van der Waals surface area contributed by atoms with Crippen LogP contribution in [0.1, 0.15) is 39.0 Å². The number of carboxylic acids is 1. The molecule has 0 aliphatic rings. The van der Waals surface area contributed by atoms with Crippen LogP contribution in [0.15, 0.2) is 0 Å². The second kappa shape index (κ2) is 3.05. The van der Waals surface area contributed by atoms with Gasteiger partial charge in [0, 0.05) is 6.92 Å². The Balaban J connectivity index is 3.36. The van der Waals surface area contributed by atoms with E-state index in [-0.39, 0.29) is 11.5 Å². The fraction of sp³-hybridized carbons (Fsp3) is 0.333. The molecule has 0 amide bonds. The van der Waals surface area contributed by atoms with E-state index in [2.05, 4.69) is 4.98 Å². The Morgan fingerprint density at radius 2 is 1.62 bits per heavy atom. The maximum absolute atomic E-state index is 11.0. The smallest absolute Gasteiger partial charge is 0.352 e. The molecule has 4 nitrogen and oxygen atoms in total. The lowest BCUT2D eigenvalue weighted by Crippen LogP contribution is -2.00. The van der Waals surface area contributed by atoms with Crippen molar-refractivity contribution in [1.29, 1.82) is 0 Å². The number of nitrogens with one attached hydrogen (secondary N) is 1. The summed E-state index contributed by atoms with van der Waals surface area (Å²) in [6.45, 7) is 4.82. The van der Waals surface area contributed by atoms with E-state index in [4.69, 9.17) is 5.11 Å². The summed E-state index contributed by atoms with van der Waals surface area (Å²) in [5, 5.41) is 8.74. The number of carbonyl (C=O) groups excluding carboxylic acids is 1. The molecule has 0 saturated heterocycles. The number of carbonyl (C=O) groups is 2. The first-order valence-corrected chi connectivity index (χ1v) is 3.88. The summed E-state index contributed by atoms with van der Waals surface area (Å²) in [6, 6.07) is 0. The molecule has 0 unspecified atom stereocenters. The van der Waals surface area contributed by atoms with Crippen molar-refractivity contribution < 1.29 is 14.7 Å².